The second kappa shape index (κ2) is 44.2. The van der Waals surface area contributed by atoms with Crippen LogP contribution in [-0.2, 0) is 111 Å². The van der Waals surface area contributed by atoms with Crippen molar-refractivity contribution < 1.29 is 100 Å². The van der Waals surface area contributed by atoms with Gasteiger partial charge in [0.2, 0.25) is 23.8 Å². The van der Waals surface area contributed by atoms with Crippen LogP contribution in [0.25, 0.3) is 32.7 Å². The van der Waals surface area contributed by atoms with Gasteiger partial charge in [0, 0.05) is 52.2 Å². The van der Waals surface area contributed by atoms with Gasteiger partial charge in [-0.3, -0.25) is 19.2 Å². The highest BCUT2D eigenvalue weighted by Crippen LogP contribution is 2.41. The topological polar surface area (TPSA) is 410 Å². The summed E-state index contributed by atoms with van der Waals surface area (Å²) in [7, 11) is 1.23. The molecule has 4 atom stereocenters. The zero-order valence-electron chi connectivity index (χ0n) is 57.2. The molecule has 1 unspecified atom stereocenters. The first-order valence-corrected chi connectivity index (χ1v) is 33.3. The highest BCUT2D eigenvalue weighted by atomic mass is 16.6. The van der Waals surface area contributed by atoms with Gasteiger partial charge in [-0.05, 0) is 79.1 Å². The number of cyclic esters (lactones) is 1. The minimum Gasteiger partial charge on any atom is -0.474 e. The van der Waals surface area contributed by atoms with Gasteiger partial charge in [0.25, 0.3) is 5.56 Å². The molecule has 2 aromatic heterocycles. The fourth-order valence-corrected chi connectivity index (χ4v) is 10.5. The maximum Gasteiger partial charge on any atom is 0.351 e. The van der Waals surface area contributed by atoms with Gasteiger partial charge in [-0.25, -0.2) is 19.4 Å². The Morgan fingerprint density at radius 3 is 1.75 bits per heavy atom. The van der Waals surface area contributed by atoms with Crippen LogP contribution in [0.4, 0.5) is 10.5 Å². The van der Waals surface area contributed by atoms with Gasteiger partial charge >= 0.3 is 18.0 Å². The van der Waals surface area contributed by atoms with E-state index in [0.29, 0.717) is 172 Å². The molecule has 5 amide bonds. The number of anilines is 1. The summed E-state index contributed by atoms with van der Waals surface area (Å²) in [6.45, 7) is 16.0. The lowest BCUT2D eigenvalue weighted by Gasteiger charge is -2.31. The van der Waals surface area contributed by atoms with Crippen molar-refractivity contribution in [3.05, 3.63) is 97.1 Å². The van der Waals surface area contributed by atoms with E-state index in [1.807, 2.05) is 6.92 Å². The molecule has 546 valence electrons. The average molecular weight is 1390 g/mol. The molecule has 0 saturated carbocycles. The number of primary amides is 1. The number of nitrogens with zero attached hydrogens (tertiary/aromatic N) is 5. The van der Waals surface area contributed by atoms with Gasteiger partial charge in [0.05, 0.1) is 181 Å². The van der Waals surface area contributed by atoms with E-state index in [2.05, 4.69) is 31.3 Å². The van der Waals surface area contributed by atoms with E-state index in [1.54, 1.807) is 73.9 Å². The Bertz CT molecular complexity index is 3320. The van der Waals surface area contributed by atoms with Crippen molar-refractivity contribution in [1.82, 2.24) is 25.5 Å². The number of urea groups is 1. The number of rotatable bonds is 52. The lowest BCUT2D eigenvalue weighted by atomic mass is 9.86. The molecule has 2 aliphatic heterocycles. The number of nitrogens with two attached hydrogens (primary N) is 1. The second-order valence-corrected chi connectivity index (χ2v) is 22.9. The first-order chi connectivity index (χ1) is 48.0. The van der Waals surface area contributed by atoms with Gasteiger partial charge in [-0.15, -0.1) is 0 Å². The maximum atomic E-state index is 14.0. The van der Waals surface area contributed by atoms with E-state index < -0.39 is 59.5 Å². The van der Waals surface area contributed by atoms with Crippen molar-refractivity contribution in [1.29, 1.82) is 0 Å². The summed E-state index contributed by atoms with van der Waals surface area (Å²) < 4.78 is 78.6. The minimum absolute atomic E-state index is 0.0121. The number of ether oxygens (including phenoxy) is 14. The maximum absolute atomic E-state index is 14.0. The Morgan fingerprint density at radius 1 is 0.717 bits per heavy atom. The highest BCUT2D eigenvalue weighted by Gasteiger charge is 2.45. The summed E-state index contributed by atoms with van der Waals surface area (Å²) in [6.07, 6.45) is -0.436. The SMILES string of the molecule is CCc1c2c(nc3ccc(OC(C(=O)OC)c4ccc(NC(=O)[C@H](CCCNC(N)=O)NC(=O)[C@@H](NC(=O)CCOCCOCCOCCOCCOCCOCCOCCOCCOCCOCCOCCN=[N+]=[N-])C(C)C)cc4)cc13)-c1cc3c(c(=O)n1C2)COC(=O)[C@]3(O)CC. The molecule has 6 rings (SSSR count). The number of pyridine rings is 2. The summed E-state index contributed by atoms with van der Waals surface area (Å²) in [5.41, 5.74) is 15.5. The molecule has 0 aliphatic carbocycles. The highest BCUT2D eigenvalue weighted by molar-refractivity contribution is 5.98. The van der Waals surface area contributed by atoms with Gasteiger partial charge in [-0.2, -0.15) is 0 Å². The molecule has 4 aromatic rings. The molecule has 32 nitrogen and oxygen atoms in total. The number of methoxy groups -OCH3 is 1. The zero-order valence-corrected chi connectivity index (χ0v) is 57.2. The normalized spacial score (nSPS) is 14.7. The first kappa shape index (κ1) is 80.0. The van der Waals surface area contributed by atoms with E-state index in [9.17, 15) is 38.7 Å². The van der Waals surface area contributed by atoms with Crippen LogP contribution in [0.1, 0.15) is 87.3 Å². The summed E-state index contributed by atoms with van der Waals surface area (Å²) >= 11 is 0. The van der Waals surface area contributed by atoms with E-state index in [4.69, 9.17) is 82.6 Å². The molecule has 0 fully saturated rings. The number of hydrogen-bond acceptors (Lipinski definition) is 24. The molecular formula is C67H96N10O22. The second-order valence-electron chi connectivity index (χ2n) is 22.9. The van der Waals surface area contributed by atoms with Crippen LogP contribution >= 0.6 is 0 Å². The van der Waals surface area contributed by atoms with Crippen molar-refractivity contribution >= 4 is 52.3 Å². The van der Waals surface area contributed by atoms with Crippen LogP contribution in [0.15, 0.2) is 58.4 Å². The summed E-state index contributed by atoms with van der Waals surface area (Å²) in [4.78, 5) is 100.0. The van der Waals surface area contributed by atoms with Crippen LogP contribution < -0.4 is 37.3 Å². The fraction of sp³-hybridized carbons (Fsp3) is 0.612. The van der Waals surface area contributed by atoms with E-state index in [0.717, 1.165) is 16.5 Å². The average Bonchev–Trinajstić information content (AvgIpc) is 1.62. The number of hydrogen-bond donors (Lipinski definition) is 6. The van der Waals surface area contributed by atoms with Crippen molar-refractivity contribution in [3.63, 3.8) is 0 Å². The molecule has 99 heavy (non-hydrogen) atoms. The summed E-state index contributed by atoms with van der Waals surface area (Å²) in [5, 5.41) is 26.3. The third kappa shape index (κ3) is 25.9. The van der Waals surface area contributed by atoms with Gasteiger partial charge in [0.1, 0.15) is 24.4 Å². The van der Waals surface area contributed by atoms with Crippen LogP contribution in [0.3, 0.4) is 0 Å². The number of aliphatic hydroxyl groups is 1. The van der Waals surface area contributed by atoms with E-state index in [-0.39, 0.29) is 87.8 Å². The third-order valence-electron chi connectivity index (χ3n) is 15.7. The van der Waals surface area contributed by atoms with E-state index in [1.165, 1.54) is 7.11 Å². The third-order valence-corrected chi connectivity index (χ3v) is 15.7. The Kier molecular flexibility index (Phi) is 35.8. The number of carbonyl (C=O) groups is 6. The van der Waals surface area contributed by atoms with Crippen LogP contribution in [0, 0.1) is 5.92 Å². The van der Waals surface area contributed by atoms with E-state index >= 15 is 0 Å². The summed E-state index contributed by atoms with van der Waals surface area (Å²) in [5.74, 6) is -3.25. The first-order valence-electron chi connectivity index (χ1n) is 33.3. The number of azide groups is 1. The predicted molar refractivity (Wildman–Crippen MR) is 358 cm³/mol. The van der Waals surface area contributed by atoms with Crippen molar-refractivity contribution in [2.75, 3.05) is 171 Å². The quantitative estimate of drug-likeness (QED) is 0.0106. The Morgan fingerprint density at radius 2 is 1.25 bits per heavy atom. The van der Waals surface area contributed by atoms with Crippen LogP contribution in [0.5, 0.6) is 5.75 Å². The molecule has 0 saturated heterocycles. The number of amides is 5. The van der Waals surface area contributed by atoms with Crippen molar-refractivity contribution in [3.8, 4) is 17.1 Å². The lowest BCUT2D eigenvalue weighted by Crippen LogP contribution is -2.54. The molecule has 2 aromatic carbocycles. The lowest BCUT2D eigenvalue weighted by molar-refractivity contribution is -0.172. The Hall–Kier alpha value is -7.95. The number of aromatic nitrogens is 2. The largest absolute Gasteiger partial charge is 0.474 e. The zero-order chi connectivity index (χ0) is 71.2. The Labute approximate surface area is 574 Å². The fourth-order valence-electron chi connectivity index (χ4n) is 10.5. The number of benzene rings is 2. The number of fused-ring (bicyclic) bond motifs is 5. The number of aryl methyl sites for hydroxylation is 1. The molecule has 2 aliphatic rings. The van der Waals surface area contributed by atoms with Crippen molar-refractivity contribution in [2.24, 2.45) is 16.8 Å². The Balaban J connectivity index is 0.837. The van der Waals surface area contributed by atoms with Crippen LogP contribution in [0.2, 0.25) is 0 Å². The molecule has 0 bridgehead atoms. The monoisotopic (exact) mass is 1390 g/mol. The molecule has 7 N–H and O–H groups in total. The molecule has 32 heteroatoms. The minimum atomic E-state index is -1.97. The molecular weight excluding hydrogens is 1300 g/mol. The number of nitrogens with one attached hydrogen (secondary N) is 4. The van der Waals surface area contributed by atoms with Gasteiger partial charge < -0.3 is 103 Å². The molecule has 0 radical (unpaired) electrons. The van der Waals surface area contributed by atoms with Crippen LogP contribution in [-0.4, -0.2) is 228 Å². The number of esters is 2. The molecule has 4 heterocycles. The molecule has 0 spiro atoms. The summed E-state index contributed by atoms with van der Waals surface area (Å²) in [6, 6.07) is 10.2. The predicted octanol–water partition coefficient (Wildman–Crippen LogP) is 3.83. The van der Waals surface area contributed by atoms with Gasteiger partial charge in [0.15, 0.2) is 5.60 Å². The smallest absolute Gasteiger partial charge is 0.351 e. The van der Waals surface area contributed by atoms with Crippen molar-refractivity contribution in [2.45, 2.75) is 96.7 Å². The van der Waals surface area contributed by atoms with Gasteiger partial charge in [-0.1, -0.05) is 44.9 Å². The number of carbonyl (C=O) groups excluding carboxylic acids is 6. The standard InChI is InChI=1S/C67H96N10O22/c1-6-49-50-41-48(14-15-54(50)73-59-51(49)43-77-56(59)42-53-52(63(77)81)44-98-65(83)67(53,85)7-2)99-60(64(82)86-5)46-10-12-47(13-11-46)72-61(79)55(9-8-17-70-66(68)84)74-62(80)58(45(3)4)75-57(78)16-19-87-21-23-89-25-27-91-29-31-93-33-35-95-37-39-97-40-38-96-36-34-94-32-30-92-28-26-90-24-22-88-20-18-71-76-69/h10-15,41-42,45,55,58,60,85H,6-9,16-40,43-44H2,1-5H3,(H,72,79)(H,74,80)(H,75,78)(H3,68,70,84)/t55-,58-,60?,67-/m0/s1.